The van der Waals surface area contributed by atoms with E-state index >= 15 is 0 Å². The first-order valence-corrected chi connectivity index (χ1v) is 9.63. The van der Waals surface area contributed by atoms with Crippen molar-refractivity contribution in [1.29, 1.82) is 0 Å². The van der Waals surface area contributed by atoms with Gasteiger partial charge in [0.15, 0.2) is 0 Å². The van der Waals surface area contributed by atoms with E-state index in [-0.39, 0.29) is 0 Å². The lowest BCUT2D eigenvalue weighted by Crippen LogP contribution is -2.14. The van der Waals surface area contributed by atoms with Crippen LogP contribution in [0.2, 0.25) is 0 Å². The van der Waals surface area contributed by atoms with Gasteiger partial charge in [-0.15, -0.1) is 0 Å². The average molecular weight is 391 g/mol. The summed E-state index contributed by atoms with van der Waals surface area (Å²) >= 11 is 0. The second-order valence-corrected chi connectivity index (χ2v) is 6.77. The fourth-order valence-electron chi connectivity index (χ4n) is 3.42. The van der Waals surface area contributed by atoms with Gasteiger partial charge in [-0.3, -0.25) is 4.79 Å². The van der Waals surface area contributed by atoms with Crippen molar-refractivity contribution in [3.63, 3.8) is 0 Å². The fraction of sp³-hybridized carbons (Fsp3) is 0. The molecule has 0 unspecified atom stereocenters. The lowest BCUT2D eigenvalue weighted by molar-refractivity contribution is 0.112. The van der Waals surface area contributed by atoms with Crippen LogP contribution in [-0.4, -0.2) is 6.29 Å². The Bertz CT molecular complexity index is 1230. The Balaban J connectivity index is 1.73. The minimum atomic E-state index is 0.600. The molecule has 0 bridgehead atoms. The molecule has 0 saturated heterocycles. The van der Waals surface area contributed by atoms with Crippen molar-refractivity contribution in [2.45, 2.75) is 0 Å². The van der Waals surface area contributed by atoms with E-state index in [1.165, 1.54) is 0 Å². The number of allylic oxidation sites excluding steroid dienone is 3. The van der Waals surface area contributed by atoms with E-state index in [0.717, 1.165) is 40.1 Å². The molecule has 0 fully saturated rings. The van der Waals surface area contributed by atoms with E-state index in [1.54, 1.807) is 18.2 Å². The first-order valence-electron chi connectivity index (χ1n) is 9.63. The van der Waals surface area contributed by atoms with Crippen LogP contribution in [0.1, 0.15) is 10.4 Å². The maximum Gasteiger partial charge on any atom is 0.150 e. The molecule has 1 heterocycles. The molecular formula is C27H21NO2. The van der Waals surface area contributed by atoms with E-state index in [4.69, 9.17) is 4.42 Å². The highest BCUT2D eigenvalue weighted by Crippen LogP contribution is 2.33. The molecule has 4 rings (SSSR count). The lowest BCUT2D eigenvalue weighted by Gasteiger charge is -2.26. The van der Waals surface area contributed by atoms with Gasteiger partial charge in [-0.25, -0.2) is 0 Å². The topological polar surface area (TPSA) is 33.5 Å². The van der Waals surface area contributed by atoms with Crippen LogP contribution in [0.5, 0.6) is 0 Å². The SMILES string of the molecule is C=C/C=C(\C=C)N(c1ccccc1)c1ccc(-c2cc3ccc(C=O)cc3o2)cc1. The molecular weight excluding hydrogens is 370 g/mol. The Morgan fingerprint density at radius 2 is 1.60 bits per heavy atom. The summed E-state index contributed by atoms with van der Waals surface area (Å²) in [4.78, 5) is 13.1. The Morgan fingerprint density at radius 3 is 2.27 bits per heavy atom. The van der Waals surface area contributed by atoms with Crippen LogP contribution in [-0.2, 0) is 0 Å². The number of carbonyl (C=O) groups is 1. The minimum absolute atomic E-state index is 0.600. The molecule has 30 heavy (non-hydrogen) atoms. The van der Waals surface area contributed by atoms with Crippen molar-refractivity contribution in [3.05, 3.63) is 122 Å². The first kappa shape index (κ1) is 19.2. The first-order chi connectivity index (χ1) is 14.7. The van der Waals surface area contributed by atoms with Crippen molar-refractivity contribution >= 4 is 28.6 Å². The van der Waals surface area contributed by atoms with Gasteiger partial charge >= 0.3 is 0 Å². The number of fused-ring (bicyclic) bond motifs is 1. The van der Waals surface area contributed by atoms with Crippen molar-refractivity contribution in [1.82, 2.24) is 0 Å². The summed E-state index contributed by atoms with van der Waals surface area (Å²) in [7, 11) is 0. The number of benzene rings is 3. The quantitative estimate of drug-likeness (QED) is 0.245. The van der Waals surface area contributed by atoms with Crippen molar-refractivity contribution in [3.8, 4) is 11.3 Å². The number of para-hydroxylation sites is 1. The molecule has 3 heteroatoms. The lowest BCUT2D eigenvalue weighted by atomic mass is 10.1. The molecule has 0 atom stereocenters. The minimum Gasteiger partial charge on any atom is -0.456 e. The Labute approximate surface area is 175 Å². The molecule has 0 N–H and O–H groups in total. The molecule has 4 aromatic rings. The molecule has 0 spiro atoms. The molecule has 0 aliphatic carbocycles. The standard InChI is InChI=1S/C27H21NO2/c1-3-8-23(4-2)28(24-9-6-5-7-10-24)25-15-13-21(14-16-25)27-18-22-12-11-20(19-29)17-26(22)30-27/h3-19H,1-2H2/b23-8+. The molecule has 3 nitrogen and oxygen atoms in total. The summed E-state index contributed by atoms with van der Waals surface area (Å²) in [5.74, 6) is 0.761. The molecule has 0 radical (unpaired) electrons. The van der Waals surface area contributed by atoms with Gasteiger partial charge in [0.05, 0.1) is 0 Å². The van der Waals surface area contributed by atoms with Crippen LogP contribution in [0, 0.1) is 0 Å². The average Bonchev–Trinajstić information content (AvgIpc) is 3.23. The van der Waals surface area contributed by atoms with Gasteiger partial charge in [-0.05, 0) is 60.7 Å². The number of hydrogen-bond donors (Lipinski definition) is 0. The predicted octanol–water partition coefficient (Wildman–Crippen LogP) is 7.31. The zero-order chi connectivity index (χ0) is 20.9. The highest BCUT2D eigenvalue weighted by Gasteiger charge is 2.13. The summed E-state index contributed by atoms with van der Waals surface area (Å²) in [5.41, 5.74) is 5.22. The van der Waals surface area contributed by atoms with Gasteiger partial charge in [0, 0.05) is 33.6 Å². The predicted molar refractivity (Wildman–Crippen MR) is 124 cm³/mol. The summed E-state index contributed by atoms with van der Waals surface area (Å²) < 4.78 is 5.98. The number of hydrogen-bond acceptors (Lipinski definition) is 3. The van der Waals surface area contributed by atoms with Crippen LogP contribution in [0.3, 0.4) is 0 Å². The summed E-state index contributed by atoms with van der Waals surface area (Å²) in [6.45, 7) is 7.78. The van der Waals surface area contributed by atoms with Gasteiger partial charge in [0.1, 0.15) is 17.6 Å². The number of rotatable bonds is 7. The second kappa shape index (κ2) is 8.50. The molecule has 1 aromatic heterocycles. The van der Waals surface area contributed by atoms with E-state index in [1.807, 2.05) is 66.7 Å². The van der Waals surface area contributed by atoms with Crippen molar-refractivity contribution in [2.75, 3.05) is 4.90 Å². The largest absolute Gasteiger partial charge is 0.456 e. The summed E-state index contributed by atoms with van der Waals surface area (Å²) in [6.07, 6.45) is 6.32. The van der Waals surface area contributed by atoms with E-state index in [9.17, 15) is 4.79 Å². The molecule has 146 valence electrons. The van der Waals surface area contributed by atoms with Gasteiger partial charge < -0.3 is 9.32 Å². The van der Waals surface area contributed by atoms with E-state index < -0.39 is 0 Å². The van der Waals surface area contributed by atoms with Gasteiger partial charge in [-0.2, -0.15) is 0 Å². The zero-order valence-electron chi connectivity index (χ0n) is 16.5. The number of anilines is 2. The molecule has 0 aliphatic rings. The summed E-state index contributed by atoms with van der Waals surface area (Å²) in [6, 6.07) is 25.7. The Kier molecular flexibility index (Phi) is 5.44. The van der Waals surface area contributed by atoms with Crippen LogP contribution in [0.15, 0.2) is 120 Å². The Morgan fingerprint density at radius 1 is 0.867 bits per heavy atom. The highest BCUT2D eigenvalue weighted by molar-refractivity contribution is 5.88. The highest BCUT2D eigenvalue weighted by atomic mass is 16.3. The third kappa shape index (κ3) is 3.74. The normalized spacial score (nSPS) is 11.3. The van der Waals surface area contributed by atoms with E-state index in [0.29, 0.717) is 11.1 Å². The number of furan rings is 1. The summed E-state index contributed by atoms with van der Waals surface area (Å²) in [5, 5.41) is 0.966. The second-order valence-electron chi connectivity index (χ2n) is 6.77. The van der Waals surface area contributed by atoms with Gasteiger partial charge in [-0.1, -0.05) is 49.6 Å². The third-order valence-corrected chi connectivity index (χ3v) is 4.86. The van der Waals surface area contributed by atoms with Crippen molar-refractivity contribution < 1.29 is 9.21 Å². The zero-order valence-corrected chi connectivity index (χ0v) is 16.5. The van der Waals surface area contributed by atoms with Gasteiger partial charge in [0.25, 0.3) is 0 Å². The number of aldehydes is 1. The van der Waals surface area contributed by atoms with Crippen molar-refractivity contribution in [2.24, 2.45) is 0 Å². The third-order valence-electron chi connectivity index (χ3n) is 4.86. The number of nitrogens with zero attached hydrogens (tertiary/aromatic N) is 1. The van der Waals surface area contributed by atoms with Crippen LogP contribution in [0.25, 0.3) is 22.3 Å². The molecule has 3 aromatic carbocycles. The van der Waals surface area contributed by atoms with Crippen LogP contribution < -0.4 is 4.90 Å². The number of carbonyl (C=O) groups excluding carboxylic acids is 1. The molecule has 0 amide bonds. The monoisotopic (exact) mass is 391 g/mol. The van der Waals surface area contributed by atoms with E-state index in [2.05, 4.69) is 30.2 Å². The molecule has 0 saturated carbocycles. The smallest absolute Gasteiger partial charge is 0.150 e. The fourth-order valence-corrected chi connectivity index (χ4v) is 3.42. The molecule has 0 aliphatic heterocycles. The Hall–Kier alpha value is -4.11. The van der Waals surface area contributed by atoms with Crippen LogP contribution in [0.4, 0.5) is 11.4 Å². The maximum atomic E-state index is 11.0. The van der Waals surface area contributed by atoms with Crippen LogP contribution >= 0.6 is 0 Å². The van der Waals surface area contributed by atoms with Gasteiger partial charge in [0.2, 0.25) is 0 Å². The maximum absolute atomic E-state index is 11.0.